The average molecular weight is 641 g/mol. The number of methoxy groups -OCH3 is 2. The molecule has 0 fully saturated rings. The molecule has 1 aromatic heterocycles. The van der Waals surface area contributed by atoms with Crippen LogP contribution < -0.4 is 24.4 Å². The number of carbonyl (C=O) groups excluding carboxylic acids is 2. The van der Waals surface area contributed by atoms with Gasteiger partial charge in [-0.2, -0.15) is 0 Å². The van der Waals surface area contributed by atoms with Gasteiger partial charge in [0.1, 0.15) is 17.5 Å². The highest BCUT2D eigenvalue weighted by molar-refractivity contribution is 7.90. The van der Waals surface area contributed by atoms with Gasteiger partial charge in [-0.3, -0.25) is 4.79 Å². The van der Waals surface area contributed by atoms with Gasteiger partial charge in [-0.15, -0.1) is 0 Å². The zero-order valence-corrected chi connectivity index (χ0v) is 26.9. The summed E-state index contributed by atoms with van der Waals surface area (Å²) >= 11 is 0. The topological polar surface area (TPSA) is 130 Å². The van der Waals surface area contributed by atoms with Gasteiger partial charge >= 0.3 is 6.03 Å². The number of carbonyl (C=O) groups is 2. The molecule has 0 spiro atoms. The third kappa shape index (κ3) is 6.84. The van der Waals surface area contributed by atoms with Crippen molar-refractivity contribution in [3.8, 4) is 22.8 Å². The van der Waals surface area contributed by atoms with Crippen molar-refractivity contribution < 1.29 is 27.5 Å². The number of rotatable bonds is 11. The van der Waals surface area contributed by atoms with Crippen LogP contribution in [-0.4, -0.2) is 52.1 Å². The van der Waals surface area contributed by atoms with E-state index >= 15 is 0 Å². The summed E-state index contributed by atoms with van der Waals surface area (Å²) in [6.07, 6.45) is 0.151. The molecule has 10 nitrogen and oxygen atoms in total. The Morgan fingerprint density at radius 1 is 0.891 bits per heavy atom. The smallest absolute Gasteiger partial charge is 0.329 e. The molecule has 5 aromatic rings. The Balaban J connectivity index is 1.40. The van der Waals surface area contributed by atoms with Gasteiger partial charge in [0.25, 0.3) is 10.0 Å². The number of nitrogens with zero attached hydrogens (tertiary/aromatic N) is 1. The molecule has 1 heterocycles. The number of fused-ring (bicyclic) bond motifs is 1. The third-order valence-electron chi connectivity index (χ3n) is 7.79. The van der Waals surface area contributed by atoms with Crippen LogP contribution in [0.1, 0.15) is 18.1 Å². The minimum absolute atomic E-state index is 0.0647. The number of sulfonamides is 1. The first-order valence-electron chi connectivity index (χ1n) is 14.7. The number of urea groups is 1. The molecular formula is C35H36N4O6S. The number of ether oxygens (including phenoxy) is 2. The van der Waals surface area contributed by atoms with Crippen molar-refractivity contribution in [2.24, 2.45) is 0 Å². The van der Waals surface area contributed by atoms with Crippen molar-refractivity contribution in [3.05, 3.63) is 108 Å². The summed E-state index contributed by atoms with van der Waals surface area (Å²) in [5.74, 6) is 0.934. The molecule has 0 radical (unpaired) electrons. The van der Waals surface area contributed by atoms with Crippen LogP contribution in [0.5, 0.6) is 11.5 Å². The Hall–Kier alpha value is -5.29. The van der Waals surface area contributed by atoms with Gasteiger partial charge in [0.15, 0.2) is 0 Å². The summed E-state index contributed by atoms with van der Waals surface area (Å²) < 4.78 is 40.0. The van der Waals surface area contributed by atoms with E-state index in [0.717, 1.165) is 16.5 Å². The lowest BCUT2D eigenvalue weighted by Crippen LogP contribution is -2.53. The van der Waals surface area contributed by atoms with Gasteiger partial charge < -0.3 is 24.7 Å². The highest BCUT2D eigenvalue weighted by atomic mass is 32.2. The maximum absolute atomic E-state index is 13.9. The van der Waals surface area contributed by atoms with Gasteiger partial charge in [0, 0.05) is 40.8 Å². The van der Waals surface area contributed by atoms with Crippen LogP contribution in [0.4, 0.5) is 10.5 Å². The summed E-state index contributed by atoms with van der Waals surface area (Å²) in [7, 11) is -1.19. The first kappa shape index (κ1) is 32.1. The number of aromatic amines is 1. The van der Waals surface area contributed by atoms with Crippen LogP contribution in [0, 0.1) is 6.92 Å². The largest absolute Gasteiger partial charge is 0.497 e. The van der Waals surface area contributed by atoms with E-state index in [2.05, 4.69) is 15.0 Å². The molecule has 0 aliphatic rings. The fourth-order valence-electron chi connectivity index (χ4n) is 5.48. The number of aromatic nitrogens is 1. The van der Waals surface area contributed by atoms with E-state index in [4.69, 9.17) is 9.47 Å². The van der Waals surface area contributed by atoms with Crippen molar-refractivity contribution in [2.75, 3.05) is 25.7 Å². The maximum Gasteiger partial charge on any atom is 0.329 e. The Morgan fingerprint density at radius 2 is 1.61 bits per heavy atom. The fourth-order valence-corrected chi connectivity index (χ4v) is 6.66. The average Bonchev–Trinajstić information content (AvgIpc) is 3.50. The Morgan fingerprint density at radius 3 is 2.28 bits per heavy atom. The summed E-state index contributed by atoms with van der Waals surface area (Å²) in [6, 6.07) is 26.5. The van der Waals surface area contributed by atoms with E-state index in [0.29, 0.717) is 40.6 Å². The zero-order valence-electron chi connectivity index (χ0n) is 26.0. The van der Waals surface area contributed by atoms with Crippen LogP contribution >= 0.6 is 0 Å². The number of likely N-dealkylation sites (N-methyl/N-ethyl adjacent to an activating group) is 1. The predicted molar refractivity (Wildman–Crippen MR) is 179 cm³/mol. The van der Waals surface area contributed by atoms with Gasteiger partial charge in [0.05, 0.1) is 19.1 Å². The number of hydrogen-bond donors (Lipinski definition) is 3. The second-order valence-electron chi connectivity index (χ2n) is 10.6. The van der Waals surface area contributed by atoms with E-state index in [-0.39, 0.29) is 11.3 Å². The molecule has 5 rings (SSSR count). The number of H-pyrrole nitrogens is 1. The molecule has 11 heteroatoms. The number of amides is 3. The lowest BCUT2D eigenvalue weighted by molar-refractivity contribution is -0.120. The number of anilines is 1. The number of hydrogen-bond acceptors (Lipinski definition) is 6. The van der Waals surface area contributed by atoms with Crippen LogP contribution in [0.25, 0.3) is 22.2 Å². The summed E-state index contributed by atoms with van der Waals surface area (Å²) in [6.45, 7) is 3.83. The van der Waals surface area contributed by atoms with Crippen molar-refractivity contribution in [3.63, 3.8) is 0 Å². The monoisotopic (exact) mass is 640 g/mol. The van der Waals surface area contributed by atoms with Crippen LogP contribution in [0.3, 0.4) is 0 Å². The molecule has 0 aliphatic carbocycles. The summed E-state index contributed by atoms with van der Waals surface area (Å²) in [4.78, 5) is 32.0. The molecule has 1 atom stereocenters. The van der Waals surface area contributed by atoms with E-state index in [1.807, 2.05) is 61.5 Å². The lowest BCUT2D eigenvalue weighted by atomic mass is 10.0. The molecule has 3 N–H and O–H groups in total. The minimum Gasteiger partial charge on any atom is -0.497 e. The predicted octanol–water partition coefficient (Wildman–Crippen LogP) is 5.81. The van der Waals surface area contributed by atoms with Crippen LogP contribution in [-0.2, 0) is 21.2 Å². The van der Waals surface area contributed by atoms with Crippen molar-refractivity contribution in [1.29, 1.82) is 0 Å². The van der Waals surface area contributed by atoms with Gasteiger partial charge in [-0.25, -0.2) is 17.9 Å². The number of nitrogens with one attached hydrogen (secondary N) is 3. The van der Waals surface area contributed by atoms with Gasteiger partial charge in [-0.05, 0) is 73.5 Å². The lowest BCUT2D eigenvalue weighted by Gasteiger charge is -2.27. The van der Waals surface area contributed by atoms with E-state index in [1.165, 1.54) is 11.0 Å². The van der Waals surface area contributed by atoms with E-state index < -0.39 is 28.0 Å². The minimum atomic E-state index is -4.33. The first-order chi connectivity index (χ1) is 22.1. The van der Waals surface area contributed by atoms with Gasteiger partial charge in [0.2, 0.25) is 5.91 Å². The Bertz CT molecular complexity index is 1960. The second kappa shape index (κ2) is 13.8. The molecule has 1 unspecified atom stereocenters. The standard InChI is InChI=1S/C35H36N4O6S/c1-5-39(25-17-19-26(44-3)20-18-25)34(40)31(21-24-11-7-6-8-12-24)37-35(41)38-46(42,43)33-16-9-13-27(23(33)2)30-22-28-29(36-30)14-10-15-32(28)45-4/h6-20,22,31,36H,5,21H2,1-4H3,(H2,37,38,41). The second-order valence-corrected chi connectivity index (χ2v) is 12.3. The Labute approximate surface area is 268 Å². The maximum atomic E-state index is 13.9. The fraction of sp³-hybridized carbons (Fsp3) is 0.200. The highest BCUT2D eigenvalue weighted by Crippen LogP contribution is 2.33. The highest BCUT2D eigenvalue weighted by Gasteiger charge is 2.29. The first-order valence-corrected chi connectivity index (χ1v) is 16.2. The normalized spacial score (nSPS) is 11.9. The Kier molecular flexibility index (Phi) is 9.62. The van der Waals surface area contributed by atoms with Crippen LogP contribution in [0.15, 0.2) is 102 Å². The SMILES string of the molecule is CCN(C(=O)C(Cc1ccccc1)NC(=O)NS(=O)(=O)c1cccc(-c2cc3c(OC)cccc3[nH]2)c1C)c1ccc(OC)cc1. The molecule has 0 bridgehead atoms. The van der Waals surface area contributed by atoms with E-state index in [1.54, 1.807) is 57.5 Å². The third-order valence-corrected chi connectivity index (χ3v) is 9.26. The molecular weight excluding hydrogens is 604 g/mol. The molecule has 238 valence electrons. The van der Waals surface area contributed by atoms with Crippen LogP contribution in [0.2, 0.25) is 0 Å². The van der Waals surface area contributed by atoms with Crippen molar-refractivity contribution in [1.82, 2.24) is 15.0 Å². The molecule has 0 saturated carbocycles. The molecule has 0 aliphatic heterocycles. The van der Waals surface area contributed by atoms with Crippen molar-refractivity contribution >= 4 is 38.6 Å². The van der Waals surface area contributed by atoms with Crippen molar-refractivity contribution in [2.45, 2.75) is 31.2 Å². The van der Waals surface area contributed by atoms with Gasteiger partial charge in [-0.1, -0.05) is 48.5 Å². The molecule has 46 heavy (non-hydrogen) atoms. The zero-order chi connectivity index (χ0) is 32.8. The number of benzene rings is 4. The summed E-state index contributed by atoms with van der Waals surface area (Å²) in [5, 5.41) is 3.49. The van der Waals surface area contributed by atoms with E-state index in [9.17, 15) is 18.0 Å². The molecule has 0 saturated heterocycles. The summed E-state index contributed by atoms with van der Waals surface area (Å²) in [5.41, 5.74) is 4.05. The quantitative estimate of drug-likeness (QED) is 0.167. The molecule has 3 amide bonds. The molecule has 4 aromatic carbocycles.